The predicted molar refractivity (Wildman–Crippen MR) is 106 cm³/mol. The number of rotatable bonds is 5. The molecule has 1 fully saturated rings. The zero-order valence-corrected chi connectivity index (χ0v) is 16.3. The number of hydrogen-bond acceptors (Lipinski definition) is 7. The highest BCUT2D eigenvalue weighted by molar-refractivity contribution is 5.71. The maximum atomic E-state index is 14.2. The molecule has 0 atom stereocenters. The van der Waals surface area contributed by atoms with Crippen molar-refractivity contribution in [2.45, 2.75) is 13.3 Å². The molecule has 0 spiro atoms. The minimum Gasteiger partial charge on any atom is -0.465 e. The van der Waals surface area contributed by atoms with Gasteiger partial charge in [-0.1, -0.05) is 12.1 Å². The molecular weight excluding hydrogens is 375 g/mol. The molecule has 1 saturated heterocycles. The van der Waals surface area contributed by atoms with Crippen molar-refractivity contribution in [2.24, 2.45) is 0 Å². The Balaban J connectivity index is 1.55. The van der Waals surface area contributed by atoms with Gasteiger partial charge in [0, 0.05) is 26.2 Å². The summed E-state index contributed by atoms with van der Waals surface area (Å²) in [5.74, 6) is 0.587. The lowest BCUT2D eigenvalue weighted by molar-refractivity contribution is -0.144. The number of aromatic nitrogens is 4. The standard InChI is InChI=1S/C20H23FN6O2/c1-2-29-19(28)14-25-10-5-11-26(13-12-25)18-9-8-17-22-23-20(27(17)24-18)15-6-3-4-7-16(15)21/h3-4,6-9H,2,5,10-14H2,1H3. The van der Waals surface area contributed by atoms with Gasteiger partial charge in [0.2, 0.25) is 0 Å². The third-order valence-electron chi connectivity index (χ3n) is 4.93. The molecule has 152 valence electrons. The van der Waals surface area contributed by atoms with E-state index in [1.165, 1.54) is 6.07 Å². The van der Waals surface area contributed by atoms with Crippen LogP contribution < -0.4 is 4.90 Å². The van der Waals surface area contributed by atoms with Crippen LogP contribution in [0, 0.1) is 5.82 Å². The van der Waals surface area contributed by atoms with Gasteiger partial charge in [-0.15, -0.1) is 15.3 Å². The van der Waals surface area contributed by atoms with Crippen molar-refractivity contribution in [1.82, 2.24) is 24.7 Å². The number of ether oxygens (including phenoxy) is 1. The van der Waals surface area contributed by atoms with Gasteiger partial charge in [0.1, 0.15) is 11.6 Å². The fraction of sp³-hybridized carbons (Fsp3) is 0.400. The van der Waals surface area contributed by atoms with Gasteiger partial charge in [0.05, 0.1) is 18.7 Å². The van der Waals surface area contributed by atoms with Gasteiger partial charge in [0.15, 0.2) is 11.5 Å². The molecule has 0 aliphatic carbocycles. The Kier molecular flexibility index (Phi) is 5.66. The van der Waals surface area contributed by atoms with Crippen LogP contribution >= 0.6 is 0 Å². The number of hydrogen-bond donors (Lipinski definition) is 0. The molecule has 3 aromatic rings. The van der Waals surface area contributed by atoms with E-state index in [2.05, 4.69) is 25.1 Å². The number of halogens is 1. The Morgan fingerprint density at radius 1 is 1.10 bits per heavy atom. The molecule has 8 nitrogen and oxygen atoms in total. The van der Waals surface area contributed by atoms with E-state index in [0.29, 0.717) is 30.2 Å². The highest BCUT2D eigenvalue weighted by Crippen LogP contribution is 2.22. The molecule has 1 aromatic carbocycles. The second-order valence-electron chi connectivity index (χ2n) is 6.89. The summed E-state index contributed by atoms with van der Waals surface area (Å²) in [7, 11) is 0. The highest BCUT2D eigenvalue weighted by atomic mass is 19.1. The topological polar surface area (TPSA) is 75.9 Å². The lowest BCUT2D eigenvalue weighted by Gasteiger charge is -2.22. The molecule has 2 aromatic heterocycles. The van der Waals surface area contributed by atoms with E-state index in [9.17, 15) is 9.18 Å². The van der Waals surface area contributed by atoms with Crippen molar-refractivity contribution in [3.05, 3.63) is 42.2 Å². The van der Waals surface area contributed by atoms with Gasteiger partial charge >= 0.3 is 5.97 Å². The minimum atomic E-state index is -0.363. The van der Waals surface area contributed by atoms with E-state index < -0.39 is 0 Å². The fourth-order valence-corrected chi connectivity index (χ4v) is 3.51. The summed E-state index contributed by atoms with van der Waals surface area (Å²) in [4.78, 5) is 16.0. The van der Waals surface area contributed by atoms with E-state index in [4.69, 9.17) is 4.74 Å². The first-order valence-corrected chi connectivity index (χ1v) is 9.76. The van der Waals surface area contributed by atoms with Crippen LogP contribution in [0.5, 0.6) is 0 Å². The van der Waals surface area contributed by atoms with E-state index in [1.807, 2.05) is 19.1 Å². The second kappa shape index (κ2) is 8.52. The fourth-order valence-electron chi connectivity index (χ4n) is 3.51. The van der Waals surface area contributed by atoms with Gasteiger partial charge in [-0.3, -0.25) is 9.69 Å². The molecule has 1 aliphatic rings. The summed E-state index contributed by atoms with van der Waals surface area (Å²) in [6.07, 6.45) is 0.904. The SMILES string of the molecule is CCOC(=O)CN1CCCN(c2ccc3nnc(-c4ccccc4F)n3n2)CC1. The molecule has 0 N–H and O–H groups in total. The largest absolute Gasteiger partial charge is 0.465 e. The van der Waals surface area contributed by atoms with Crippen LogP contribution in [0.4, 0.5) is 10.2 Å². The molecule has 0 amide bonds. The monoisotopic (exact) mass is 398 g/mol. The molecule has 0 unspecified atom stereocenters. The maximum absolute atomic E-state index is 14.2. The molecule has 9 heteroatoms. The molecule has 0 saturated carbocycles. The van der Waals surface area contributed by atoms with Gasteiger partial charge in [-0.2, -0.15) is 4.52 Å². The van der Waals surface area contributed by atoms with Gasteiger partial charge < -0.3 is 9.64 Å². The van der Waals surface area contributed by atoms with Crippen molar-refractivity contribution in [3.8, 4) is 11.4 Å². The van der Waals surface area contributed by atoms with Crippen LogP contribution in [-0.2, 0) is 9.53 Å². The number of fused-ring (bicyclic) bond motifs is 1. The normalized spacial score (nSPS) is 15.4. The first kappa shape index (κ1) is 19.3. The Morgan fingerprint density at radius 2 is 1.97 bits per heavy atom. The smallest absolute Gasteiger partial charge is 0.320 e. The van der Waals surface area contributed by atoms with Crippen LogP contribution in [-0.4, -0.2) is 70.0 Å². The Labute approximate surface area is 167 Å². The number of anilines is 1. The first-order chi connectivity index (χ1) is 14.2. The quantitative estimate of drug-likeness (QED) is 0.609. The average Bonchev–Trinajstić information content (AvgIpc) is 2.99. The molecule has 3 heterocycles. The summed E-state index contributed by atoms with van der Waals surface area (Å²) in [5, 5.41) is 12.9. The number of nitrogens with zero attached hydrogens (tertiary/aromatic N) is 6. The summed E-state index contributed by atoms with van der Waals surface area (Å²) < 4.78 is 20.9. The number of carbonyl (C=O) groups excluding carboxylic acids is 1. The average molecular weight is 398 g/mol. The maximum Gasteiger partial charge on any atom is 0.320 e. The van der Waals surface area contributed by atoms with Crippen LogP contribution in [0.3, 0.4) is 0 Å². The lowest BCUT2D eigenvalue weighted by atomic mass is 10.2. The zero-order valence-electron chi connectivity index (χ0n) is 16.3. The molecule has 1 aliphatic heterocycles. The minimum absolute atomic E-state index is 0.195. The van der Waals surface area contributed by atoms with Gasteiger partial charge in [-0.05, 0) is 37.6 Å². The van der Waals surface area contributed by atoms with Crippen LogP contribution in [0.1, 0.15) is 13.3 Å². The van der Waals surface area contributed by atoms with Crippen molar-refractivity contribution in [3.63, 3.8) is 0 Å². The van der Waals surface area contributed by atoms with Crippen molar-refractivity contribution >= 4 is 17.4 Å². The van der Waals surface area contributed by atoms with Gasteiger partial charge in [0.25, 0.3) is 0 Å². The molecule has 0 radical (unpaired) electrons. The number of carbonyl (C=O) groups is 1. The summed E-state index contributed by atoms with van der Waals surface area (Å²) in [6.45, 7) is 5.61. The third kappa shape index (κ3) is 4.19. The highest BCUT2D eigenvalue weighted by Gasteiger charge is 2.20. The Hall–Kier alpha value is -3.07. The zero-order chi connectivity index (χ0) is 20.2. The molecule has 4 rings (SSSR count). The number of esters is 1. The Bertz CT molecular complexity index is 1010. The van der Waals surface area contributed by atoms with E-state index in [-0.39, 0.29) is 11.8 Å². The van der Waals surface area contributed by atoms with Crippen molar-refractivity contribution in [2.75, 3.05) is 44.2 Å². The molecule has 29 heavy (non-hydrogen) atoms. The summed E-state index contributed by atoms with van der Waals surface area (Å²) in [6, 6.07) is 10.2. The summed E-state index contributed by atoms with van der Waals surface area (Å²) in [5.41, 5.74) is 0.923. The van der Waals surface area contributed by atoms with E-state index in [1.54, 1.807) is 22.7 Å². The van der Waals surface area contributed by atoms with Gasteiger partial charge in [-0.25, -0.2) is 4.39 Å². The molecule has 0 bridgehead atoms. The first-order valence-electron chi connectivity index (χ1n) is 9.76. The van der Waals surface area contributed by atoms with Crippen LogP contribution in [0.15, 0.2) is 36.4 Å². The van der Waals surface area contributed by atoms with E-state index >= 15 is 0 Å². The lowest BCUT2D eigenvalue weighted by Crippen LogP contribution is -2.35. The second-order valence-corrected chi connectivity index (χ2v) is 6.89. The number of benzene rings is 1. The predicted octanol–water partition coefficient (Wildman–Crippen LogP) is 2.01. The molecular formula is C20H23FN6O2. The summed E-state index contributed by atoms with van der Waals surface area (Å²) >= 11 is 0. The van der Waals surface area contributed by atoms with Crippen LogP contribution in [0.25, 0.3) is 17.0 Å². The van der Waals surface area contributed by atoms with Crippen molar-refractivity contribution < 1.29 is 13.9 Å². The van der Waals surface area contributed by atoms with Crippen molar-refractivity contribution in [1.29, 1.82) is 0 Å². The van der Waals surface area contributed by atoms with Crippen LogP contribution in [0.2, 0.25) is 0 Å². The van der Waals surface area contributed by atoms with E-state index in [0.717, 1.165) is 38.4 Å². The third-order valence-corrected chi connectivity index (χ3v) is 4.93. The Morgan fingerprint density at radius 3 is 2.79 bits per heavy atom.